The van der Waals surface area contributed by atoms with Gasteiger partial charge in [-0.25, -0.2) is 4.84 Å². The second-order valence-electron chi connectivity index (χ2n) is 5.41. The van der Waals surface area contributed by atoms with Gasteiger partial charge >= 0.3 is 0 Å². The molecule has 0 bridgehead atoms. The van der Waals surface area contributed by atoms with Gasteiger partial charge in [-0.05, 0) is 6.04 Å². The molecule has 8 heteroatoms. The van der Waals surface area contributed by atoms with Crippen LogP contribution in [0.25, 0.3) is 0 Å². The molecule has 1 aromatic rings. The number of hydrogen-bond acceptors (Lipinski definition) is 5. The lowest BCUT2D eigenvalue weighted by molar-refractivity contribution is -0.995. The lowest BCUT2D eigenvalue weighted by Crippen LogP contribution is -3.01. The first kappa shape index (κ1) is 16.0. The number of rotatable bonds is 8. The van der Waals surface area contributed by atoms with Gasteiger partial charge in [-0.3, -0.25) is 4.79 Å². The monoisotopic (exact) mass is 287 g/mol. The maximum absolute atomic E-state index is 11.5. The number of aldehydes is 1. The fourth-order valence-corrected chi connectivity index (χ4v) is 2.15. The molecule has 1 unspecified atom stereocenters. The van der Waals surface area contributed by atoms with Crippen molar-refractivity contribution in [1.29, 1.82) is 0 Å². The molecule has 0 aliphatic rings. The molecule has 0 saturated heterocycles. The van der Waals surface area contributed by atoms with Crippen molar-refractivity contribution in [3.05, 3.63) is 17.0 Å². The van der Waals surface area contributed by atoms with Crippen LogP contribution in [0.15, 0.2) is 6.07 Å². The lowest BCUT2D eigenvalue weighted by Gasteiger charge is -2.18. The van der Waals surface area contributed by atoms with Gasteiger partial charge in [0.25, 0.3) is 5.82 Å². The van der Waals surface area contributed by atoms with Crippen molar-refractivity contribution in [3.63, 3.8) is 0 Å². The van der Waals surface area contributed by atoms with Gasteiger partial charge in [0, 0.05) is 14.7 Å². The molecule has 0 spiro atoms. The first-order chi connectivity index (χ1) is 8.87. The van der Waals surface area contributed by atoms with E-state index in [1.165, 1.54) is 17.9 Å². The Bertz CT molecular complexity index is 417. The van der Waals surface area contributed by atoms with E-state index >= 15 is 0 Å². The summed E-state index contributed by atoms with van der Waals surface area (Å²) in [5.74, 6) is 0.220. The molecule has 0 saturated carbocycles. The van der Waals surface area contributed by atoms with Crippen LogP contribution in [0, 0.1) is 5.21 Å². The highest BCUT2D eigenvalue weighted by molar-refractivity contribution is 6.76. The minimum atomic E-state index is -1.14. The topological polar surface area (TPSA) is 80.9 Å². The summed E-state index contributed by atoms with van der Waals surface area (Å²) in [4.78, 5) is 15.3. The predicted molar refractivity (Wildman–Crippen MR) is 72.7 cm³/mol. The van der Waals surface area contributed by atoms with Crippen molar-refractivity contribution < 1.29 is 19.6 Å². The zero-order valence-corrected chi connectivity index (χ0v) is 12.8. The minimum absolute atomic E-state index is 0.142. The maximum Gasteiger partial charge on any atom is 0.260 e. The number of quaternary nitrogens is 1. The van der Waals surface area contributed by atoms with Crippen LogP contribution >= 0.6 is 0 Å². The number of hydrogen-bond donors (Lipinski definition) is 1. The van der Waals surface area contributed by atoms with Crippen molar-refractivity contribution in [2.75, 3.05) is 13.7 Å². The molecule has 108 valence electrons. The number of aromatic nitrogens is 2. The van der Waals surface area contributed by atoms with E-state index in [1.54, 1.807) is 0 Å². The Hall–Kier alpha value is -1.06. The first-order valence-corrected chi connectivity index (χ1v) is 9.77. The third kappa shape index (κ3) is 5.21. The summed E-state index contributed by atoms with van der Waals surface area (Å²) in [5.41, 5.74) is 0.189. The van der Waals surface area contributed by atoms with E-state index in [2.05, 4.69) is 29.6 Å². The average Bonchev–Trinajstić information content (AvgIpc) is 2.76. The molecule has 0 fully saturated rings. The molecule has 1 heterocycles. The molecule has 1 rings (SSSR count). The molecule has 1 aromatic heterocycles. The van der Waals surface area contributed by atoms with Crippen LogP contribution in [0.1, 0.15) is 10.5 Å². The second-order valence-corrected chi connectivity index (χ2v) is 11.0. The normalized spacial score (nSPS) is 13.5. The van der Waals surface area contributed by atoms with Crippen LogP contribution in [0.5, 0.6) is 0 Å². The molecule has 0 radical (unpaired) electrons. The quantitative estimate of drug-likeness (QED) is 0.327. The Morgan fingerprint density at radius 2 is 2.21 bits per heavy atom. The maximum atomic E-state index is 11.5. The van der Waals surface area contributed by atoms with Gasteiger partial charge < -0.3 is 9.94 Å². The molecule has 0 aliphatic heterocycles. The van der Waals surface area contributed by atoms with Gasteiger partial charge in [-0.1, -0.05) is 19.6 Å². The number of carbonyl (C=O) groups is 1. The van der Waals surface area contributed by atoms with Crippen molar-refractivity contribution in [2.45, 2.75) is 32.4 Å². The summed E-state index contributed by atoms with van der Waals surface area (Å²) in [7, 11) is 0.142. The molecule has 7 nitrogen and oxygen atoms in total. The third-order valence-corrected chi connectivity index (χ3v) is 4.23. The van der Waals surface area contributed by atoms with Crippen molar-refractivity contribution in [1.82, 2.24) is 9.78 Å². The Balaban J connectivity index is 2.61. The fourth-order valence-electron chi connectivity index (χ4n) is 1.39. The number of carbonyl (C=O) groups excluding carboxylic acids is 1. The summed E-state index contributed by atoms with van der Waals surface area (Å²) in [6.07, 6.45) is 0.588. The van der Waals surface area contributed by atoms with E-state index in [0.717, 1.165) is 6.04 Å². The Labute approximate surface area is 113 Å². The summed E-state index contributed by atoms with van der Waals surface area (Å²) in [5, 5.41) is 14.9. The number of nitrogens with one attached hydrogen (secondary N) is 1. The summed E-state index contributed by atoms with van der Waals surface area (Å²) in [6, 6.07) is 2.42. The highest BCUT2D eigenvalue weighted by Crippen LogP contribution is 2.09. The minimum Gasteiger partial charge on any atom is -0.593 e. The molecular weight excluding hydrogens is 266 g/mol. The standard InChI is InChI=1S/C11H21N3O4Si/c1-17-14(16)11-7-10(8-15)12-13(11)9-18-5-6-19(2,3)4/h7-8,14H,5-6,9H2,1-4H3. The van der Waals surface area contributed by atoms with Crippen LogP contribution in [0.4, 0.5) is 5.82 Å². The van der Waals surface area contributed by atoms with E-state index in [9.17, 15) is 10.0 Å². The zero-order chi connectivity index (χ0) is 14.5. The SMILES string of the molecule is CO[NH+]([O-])c1cc(C=O)nn1COCC[Si](C)(C)C. The van der Waals surface area contributed by atoms with E-state index in [0.29, 0.717) is 12.9 Å². The van der Waals surface area contributed by atoms with Crippen LogP contribution in [-0.4, -0.2) is 37.9 Å². The molecule has 0 aromatic carbocycles. The van der Waals surface area contributed by atoms with Gasteiger partial charge in [-0.15, -0.1) is 0 Å². The number of nitrogens with zero attached hydrogens (tertiary/aromatic N) is 2. The van der Waals surface area contributed by atoms with Crippen LogP contribution in [0.3, 0.4) is 0 Å². The molecule has 1 atom stereocenters. The van der Waals surface area contributed by atoms with E-state index in [1.807, 2.05) is 0 Å². The molecule has 19 heavy (non-hydrogen) atoms. The van der Waals surface area contributed by atoms with Crippen molar-refractivity contribution >= 4 is 20.2 Å². The van der Waals surface area contributed by atoms with E-state index < -0.39 is 13.3 Å². The van der Waals surface area contributed by atoms with Crippen molar-refractivity contribution in [3.8, 4) is 0 Å². The van der Waals surface area contributed by atoms with Gasteiger partial charge in [-0.2, -0.15) is 15.0 Å². The molecule has 1 N–H and O–H groups in total. The predicted octanol–water partition coefficient (Wildman–Crippen LogP) is 0.583. The van der Waals surface area contributed by atoms with Crippen LogP contribution < -0.4 is 5.23 Å². The summed E-state index contributed by atoms with van der Waals surface area (Å²) >= 11 is 0. The third-order valence-electron chi connectivity index (χ3n) is 2.52. The first-order valence-electron chi connectivity index (χ1n) is 6.06. The molecule has 0 amide bonds. The average molecular weight is 287 g/mol. The lowest BCUT2D eigenvalue weighted by atomic mass is 10.5. The summed E-state index contributed by atoms with van der Waals surface area (Å²) < 4.78 is 6.85. The molecule has 0 aliphatic carbocycles. The Kier molecular flexibility index (Phi) is 5.82. The van der Waals surface area contributed by atoms with Gasteiger partial charge in [0.1, 0.15) is 12.4 Å². The van der Waals surface area contributed by atoms with E-state index in [-0.39, 0.29) is 18.2 Å². The second kappa shape index (κ2) is 6.92. The Morgan fingerprint density at radius 1 is 1.53 bits per heavy atom. The van der Waals surface area contributed by atoms with Crippen LogP contribution in [0.2, 0.25) is 25.7 Å². The smallest absolute Gasteiger partial charge is 0.260 e. The molecular formula is C11H21N3O4Si. The highest BCUT2D eigenvalue weighted by atomic mass is 28.3. The fraction of sp³-hybridized carbons (Fsp3) is 0.636. The van der Waals surface area contributed by atoms with Gasteiger partial charge in [0.15, 0.2) is 6.29 Å². The van der Waals surface area contributed by atoms with Crippen LogP contribution in [-0.2, 0) is 16.3 Å². The Morgan fingerprint density at radius 3 is 2.74 bits per heavy atom. The number of ether oxygens (including phenoxy) is 1. The zero-order valence-electron chi connectivity index (χ0n) is 11.8. The largest absolute Gasteiger partial charge is 0.593 e. The van der Waals surface area contributed by atoms with Crippen molar-refractivity contribution in [2.24, 2.45) is 0 Å². The van der Waals surface area contributed by atoms with Gasteiger partial charge in [0.05, 0.1) is 13.2 Å². The summed E-state index contributed by atoms with van der Waals surface area (Å²) in [6.45, 7) is 7.54. The van der Waals surface area contributed by atoms with Gasteiger partial charge in [0.2, 0.25) is 0 Å². The highest BCUT2D eigenvalue weighted by Gasteiger charge is 2.16. The van der Waals surface area contributed by atoms with E-state index in [4.69, 9.17) is 4.74 Å².